The fourth-order valence-corrected chi connectivity index (χ4v) is 4.22. The van der Waals surface area contributed by atoms with Crippen molar-refractivity contribution in [1.82, 2.24) is 14.9 Å². The van der Waals surface area contributed by atoms with Gasteiger partial charge in [-0.1, -0.05) is 84.1 Å². The van der Waals surface area contributed by atoms with Crippen LogP contribution in [0, 0.1) is 6.92 Å². The molecule has 0 unspecified atom stereocenters. The number of carbonyl (C=O) groups is 2. The van der Waals surface area contributed by atoms with Crippen molar-refractivity contribution in [3.63, 3.8) is 0 Å². The van der Waals surface area contributed by atoms with Crippen LogP contribution in [-0.4, -0.2) is 27.1 Å². The van der Waals surface area contributed by atoms with Crippen molar-refractivity contribution >= 4 is 34.5 Å². The Morgan fingerprint density at radius 3 is 2.33 bits per heavy atom. The second-order valence-corrected chi connectivity index (χ2v) is 8.65. The van der Waals surface area contributed by atoms with Crippen LogP contribution in [0.25, 0.3) is 10.9 Å². The predicted octanol–water partition coefficient (Wildman–Crippen LogP) is 3.73. The smallest absolute Gasteiger partial charge is 0.262 e. The van der Waals surface area contributed by atoms with Gasteiger partial charge in [-0.3, -0.25) is 24.3 Å². The molecule has 0 atom stereocenters. The number of imide groups is 1. The Kier molecular flexibility index (Phi) is 7.00. The van der Waals surface area contributed by atoms with Crippen LogP contribution in [0.15, 0.2) is 88.8 Å². The molecule has 7 heteroatoms. The van der Waals surface area contributed by atoms with E-state index in [2.05, 4.69) is 10.3 Å². The Hall–Kier alpha value is -3.71. The second-order valence-electron chi connectivity index (χ2n) is 7.71. The van der Waals surface area contributed by atoms with Crippen LogP contribution in [0.3, 0.4) is 0 Å². The monoisotopic (exact) mass is 457 g/mol. The van der Waals surface area contributed by atoms with Gasteiger partial charge in [0.2, 0.25) is 11.8 Å². The second kappa shape index (κ2) is 10.3. The van der Waals surface area contributed by atoms with E-state index < -0.39 is 5.91 Å². The molecule has 4 aromatic rings. The maximum atomic E-state index is 13.2. The molecule has 0 bridgehead atoms. The first-order chi connectivity index (χ1) is 16.0. The van der Waals surface area contributed by atoms with E-state index in [0.717, 1.165) is 28.5 Å². The molecule has 0 fully saturated rings. The summed E-state index contributed by atoms with van der Waals surface area (Å²) < 4.78 is 1.58. The molecular formula is C26H23N3O3S. The number of amides is 2. The Bertz CT molecular complexity index is 1350. The van der Waals surface area contributed by atoms with Crippen LogP contribution in [0.2, 0.25) is 0 Å². The SMILES string of the molecule is Cc1ccc(Cn2c(SCC(=O)NC(=O)Cc3ccccc3)nc3ccccc3c2=O)cc1. The number of benzene rings is 3. The summed E-state index contributed by atoms with van der Waals surface area (Å²) in [6, 6.07) is 24.3. The summed E-state index contributed by atoms with van der Waals surface area (Å²) in [5.74, 6) is -0.820. The third-order valence-corrected chi connectivity index (χ3v) is 6.08. The van der Waals surface area contributed by atoms with E-state index in [1.807, 2.05) is 67.6 Å². The molecule has 2 amide bonds. The lowest BCUT2D eigenvalue weighted by atomic mass is 10.1. The Labute approximate surface area is 195 Å². The lowest BCUT2D eigenvalue weighted by Crippen LogP contribution is -2.33. The molecule has 3 aromatic carbocycles. The molecule has 0 aliphatic carbocycles. The minimum absolute atomic E-state index is 0.0286. The standard InChI is InChI=1S/C26H23N3O3S/c1-18-11-13-20(14-12-18)16-29-25(32)21-9-5-6-10-22(21)27-26(29)33-17-24(31)28-23(30)15-19-7-3-2-4-8-19/h2-14H,15-17H2,1H3,(H,28,30,31). The van der Waals surface area contributed by atoms with Crippen molar-refractivity contribution < 1.29 is 9.59 Å². The number of para-hydroxylation sites is 1. The van der Waals surface area contributed by atoms with Gasteiger partial charge in [-0.25, -0.2) is 4.98 Å². The van der Waals surface area contributed by atoms with E-state index in [1.54, 1.807) is 22.8 Å². The number of thioether (sulfide) groups is 1. The van der Waals surface area contributed by atoms with Crippen molar-refractivity contribution in [2.75, 3.05) is 5.75 Å². The molecular weight excluding hydrogens is 434 g/mol. The van der Waals surface area contributed by atoms with Gasteiger partial charge < -0.3 is 0 Å². The summed E-state index contributed by atoms with van der Waals surface area (Å²) in [4.78, 5) is 42.4. The molecule has 0 saturated heterocycles. The highest BCUT2D eigenvalue weighted by Gasteiger charge is 2.15. The van der Waals surface area contributed by atoms with Crippen LogP contribution in [0.4, 0.5) is 0 Å². The van der Waals surface area contributed by atoms with Crippen LogP contribution in [0.5, 0.6) is 0 Å². The third-order valence-electron chi connectivity index (χ3n) is 5.11. The Balaban J connectivity index is 1.52. The molecule has 4 rings (SSSR count). The van der Waals surface area contributed by atoms with Crippen molar-refractivity contribution in [2.45, 2.75) is 25.0 Å². The van der Waals surface area contributed by atoms with Crippen molar-refractivity contribution in [3.05, 3.63) is 106 Å². The van der Waals surface area contributed by atoms with Gasteiger partial charge in [-0.05, 0) is 30.2 Å². The molecule has 33 heavy (non-hydrogen) atoms. The minimum Gasteiger partial charge on any atom is -0.295 e. The van der Waals surface area contributed by atoms with Gasteiger partial charge in [0, 0.05) is 0 Å². The number of nitrogens with zero attached hydrogens (tertiary/aromatic N) is 2. The normalized spacial score (nSPS) is 10.8. The summed E-state index contributed by atoms with van der Waals surface area (Å²) in [7, 11) is 0. The molecule has 0 spiro atoms. The maximum Gasteiger partial charge on any atom is 0.262 e. The summed E-state index contributed by atoms with van der Waals surface area (Å²) in [5.41, 5.74) is 3.34. The number of rotatable bonds is 7. The van der Waals surface area contributed by atoms with Crippen molar-refractivity contribution in [2.24, 2.45) is 0 Å². The van der Waals surface area contributed by atoms with Gasteiger partial charge in [0.05, 0.1) is 29.6 Å². The minimum atomic E-state index is -0.426. The fraction of sp³-hybridized carbons (Fsp3) is 0.154. The van der Waals surface area contributed by atoms with E-state index in [0.29, 0.717) is 22.6 Å². The van der Waals surface area contributed by atoms with Gasteiger partial charge in [-0.2, -0.15) is 0 Å². The summed E-state index contributed by atoms with van der Waals surface area (Å²) >= 11 is 1.14. The molecule has 0 radical (unpaired) electrons. The van der Waals surface area contributed by atoms with E-state index in [4.69, 9.17) is 0 Å². The zero-order chi connectivity index (χ0) is 23.2. The number of aromatic nitrogens is 2. The average molecular weight is 458 g/mol. The number of carbonyl (C=O) groups excluding carboxylic acids is 2. The van der Waals surface area contributed by atoms with Crippen molar-refractivity contribution in [1.29, 1.82) is 0 Å². The topological polar surface area (TPSA) is 81.1 Å². The number of aryl methyl sites for hydroxylation is 1. The van der Waals surface area contributed by atoms with E-state index in [9.17, 15) is 14.4 Å². The van der Waals surface area contributed by atoms with Crippen LogP contribution < -0.4 is 10.9 Å². The third kappa shape index (κ3) is 5.75. The molecule has 6 nitrogen and oxygen atoms in total. The molecule has 0 aliphatic heterocycles. The zero-order valence-corrected chi connectivity index (χ0v) is 19.0. The summed E-state index contributed by atoms with van der Waals surface area (Å²) in [5, 5.41) is 3.37. The van der Waals surface area contributed by atoms with Gasteiger partial charge in [-0.15, -0.1) is 0 Å². The lowest BCUT2D eigenvalue weighted by Gasteiger charge is -2.13. The average Bonchev–Trinajstić information content (AvgIpc) is 2.81. The van der Waals surface area contributed by atoms with Crippen LogP contribution >= 0.6 is 11.8 Å². The predicted molar refractivity (Wildman–Crippen MR) is 130 cm³/mol. The molecule has 0 saturated carbocycles. The molecule has 0 aliphatic rings. The molecule has 1 aromatic heterocycles. The Morgan fingerprint density at radius 1 is 0.879 bits per heavy atom. The Morgan fingerprint density at radius 2 is 1.58 bits per heavy atom. The first-order valence-corrected chi connectivity index (χ1v) is 11.5. The maximum absolute atomic E-state index is 13.2. The number of hydrogen-bond donors (Lipinski definition) is 1. The molecule has 1 N–H and O–H groups in total. The number of hydrogen-bond acceptors (Lipinski definition) is 5. The van der Waals surface area contributed by atoms with Crippen LogP contribution in [-0.2, 0) is 22.6 Å². The number of fused-ring (bicyclic) bond motifs is 1. The molecule has 166 valence electrons. The quantitative estimate of drug-likeness (QED) is 0.338. The highest BCUT2D eigenvalue weighted by atomic mass is 32.2. The largest absolute Gasteiger partial charge is 0.295 e. The zero-order valence-electron chi connectivity index (χ0n) is 18.2. The fourth-order valence-electron chi connectivity index (χ4n) is 3.42. The first kappa shape index (κ1) is 22.5. The van der Waals surface area contributed by atoms with Gasteiger partial charge in [0.1, 0.15) is 0 Å². The number of nitrogens with one attached hydrogen (secondary N) is 1. The van der Waals surface area contributed by atoms with E-state index in [-0.39, 0.29) is 23.6 Å². The lowest BCUT2D eigenvalue weighted by molar-refractivity contribution is -0.128. The highest BCUT2D eigenvalue weighted by molar-refractivity contribution is 7.99. The molecule has 1 heterocycles. The highest BCUT2D eigenvalue weighted by Crippen LogP contribution is 2.19. The van der Waals surface area contributed by atoms with E-state index >= 15 is 0 Å². The van der Waals surface area contributed by atoms with Gasteiger partial charge >= 0.3 is 0 Å². The summed E-state index contributed by atoms with van der Waals surface area (Å²) in [6.07, 6.45) is 0.129. The van der Waals surface area contributed by atoms with Gasteiger partial charge in [0.15, 0.2) is 5.16 Å². The van der Waals surface area contributed by atoms with Gasteiger partial charge in [0.25, 0.3) is 5.56 Å². The first-order valence-electron chi connectivity index (χ1n) is 10.5. The summed E-state index contributed by atoms with van der Waals surface area (Å²) in [6.45, 7) is 2.35. The van der Waals surface area contributed by atoms with E-state index in [1.165, 1.54) is 0 Å². The van der Waals surface area contributed by atoms with Crippen LogP contribution in [0.1, 0.15) is 16.7 Å². The van der Waals surface area contributed by atoms with Crippen molar-refractivity contribution in [3.8, 4) is 0 Å².